The highest BCUT2D eigenvalue weighted by Gasteiger charge is 1.95. The normalized spacial score (nSPS) is 9.27. The van der Waals surface area contributed by atoms with Crippen molar-refractivity contribution >= 4 is 11.8 Å². The van der Waals surface area contributed by atoms with Crippen molar-refractivity contribution < 1.29 is 0 Å². The lowest BCUT2D eigenvalue weighted by Gasteiger charge is -1.98. The fraction of sp³-hybridized carbons (Fsp3) is 0.231. The van der Waals surface area contributed by atoms with Crippen LogP contribution in [0, 0.1) is 6.92 Å². The summed E-state index contributed by atoms with van der Waals surface area (Å²) < 4.78 is 0. The van der Waals surface area contributed by atoms with Gasteiger partial charge in [0.15, 0.2) is 0 Å². The van der Waals surface area contributed by atoms with E-state index in [1.165, 1.54) is 6.20 Å². The molecular weight excluding hydrogens is 184 g/mol. The molecule has 15 heavy (non-hydrogen) atoms. The predicted octanol–water partition coefficient (Wildman–Crippen LogP) is 3.64. The molecule has 0 aliphatic rings. The first-order valence-corrected chi connectivity index (χ1v) is 5.00. The SMILES string of the molecule is C=CN=CC(=C)c1ccc(C)cn1.CC. The highest BCUT2D eigenvalue weighted by atomic mass is 14.7. The second-order valence-electron chi connectivity index (χ2n) is 2.71. The van der Waals surface area contributed by atoms with E-state index in [0.717, 1.165) is 16.8 Å². The van der Waals surface area contributed by atoms with Gasteiger partial charge in [-0.1, -0.05) is 33.1 Å². The quantitative estimate of drug-likeness (QED) is 0.687. The van der Waals surface area contributed by atoms with Crippen molar-refractivity contribution in [2.75, 3.05) is 0 Å². The Morgan fingerprint density at radius 2 is 2.07 bits per heavy atom. The minimum atomic E-state index is 0.792. The Bertz CT molecular complexity index is 334. The van der Waals surface area contributed by atoms with Gasteiger partial charge in [-0.3, -0.25) is 9.98 Å². The number of aryl methyl sites for hydroxylation is 1. The van der Waals surface area contributed by atoms with Crippen LogP contribution < -0.4 is 0 Å². The third kappa shape index (κ3) is 4.91. The first-order chi connectivity index (χ1) is 7.24. The van der Waals surface area contributed by atoms with Gasteiger partial charge >= 0.3 is 0 Å². The summed E-state index contributed by atoms with van der Waals surface area (Å²) in [7, 11) is 0. The maximum atomic E-state index is 4.21. The fourth-order valence-electron chi connectivity index (χ4n) is 0.867. The van der Waals surface area contributed by atoms with Crippen LogP contribution in [0.4, 0.5) is 0 Å². The molecule has 1 aromatic heterocycles. The summed E-state index contributed by atoms with van der Waals surface area (Å²) in [4.78, 5) is 8.08. The first kappa shape index (κ1) is 13.3. The zero-order chi connectivity index (χ0) is 11.7. The number of allylic oxidation sites excluding steroid dienone is 1. The molecule has 0 aromatic carbocycles. The van der Waals surface area contributed by atoms with Gasteiger partial charge in [0.2, 0.25) is 0 Å². The van der Waals surface area contributed by atoms with E-state index in [2.05, 4.69) is 23.1 Å². The molecule has 0 unspecified atom stereocenters. The summed E-state index contributed by atoms with van der Waals surface area (Å²) in [6.45, 7) is 13.3. The van der Waals surface area contributed by atoms with Crippen LogP contribution in [0.2, 0.25) is 0 Å². The number of nitrogens with zero attached hydrogens (tertiary/aromatic N) is 2. The van der Waals surface area contributed by atoms with Gasteiger partial charge in [-0.15, -0.1) is 0 Å². The molecule has 1 rings (SSSR count). The second kappa shape index (κ2) is 7.68. The molecule has 2 nitrogen and oxygen atoms in total. The zero-order valence-electron chi connectivity index (χ0n) is 9.70. The van der Waals surface area contributed by atoms with Gasteiger partial charge in [-0.25, -0.2) is 0 Å². The number of aliphatic imine (C=N–C) groups is 1. The lowest BCUT2D eigenvalue weighted by atomic mass is 10.2. The standard InChI is InChI=1S/C11H12N2.C2H6/c1-4-12-8-10(3)11-6-5-9(2)7-13-11;1-2/h4-8H,1,3H2,2H3;1-2H3. The van der Waals surface area contributed by atoms with Crippen molar-refractivity contribution in [2.24, 2.45) is 4.99 Å². The van der Waals surface area contributed by atoms with Crippen LogP contribution in [0.15, 0.2) is 42.7 Å². The monoisotopic (exact) mass is 202 g/mol. The average molecular weight is 202 g/mol. The Labute approximate surface area is 92.1 Å². The topological polar surface area (TPSA) is 25.2 Å². The second-order valence-corrected chi connectivity index (χ2v) is 2.71. The Morgan fingerprint density at radius 3 is 2.53 bits per heavy atom. The summed E-state index contributed by atoms with van der Waals surface area (Å²) in [5, 5.41) is 0. The van der Waals surface area contributed by atoms with E-state index in [9.17, 15) is 0 Å². The van der Waals surface area contributed by atoms with Gasteiger partial charge in [0.05, 0.1) is 5.69 Å². The van der Waals surface area contributed by atoms with Gasteiger partial charge in [0.25, 0.3) is 0 Å². The van der Waals surface area contributed by atoms with Gasteiger partial charge in [0, 0.05) is 24.2 Å². The summed E-state index contributed by atoms with van der Waals surface area (Å²) in [6, 6.07) is 3.92. The van der Waals surface area contributed by atoms with Gasteiger partial charge in [0.1, 0.15) is 0 Å². The largest absolute Gasteiger partial charge is 0.265 e. The highest BCUT2D eigenvalue weighted by Crippen LogP contribution is 2.07. The van der Waals surface area contributed by atoms with Crippen molar-refractivity contribution in [3.8, 4) is 0 Å². The molecule has 0 aliphatic heterocycles. The minimum absolute atomic E-state index is 0.792. The molecule has 1 aromatic rings. The third-order valence-electron chi connectivity index (χ3n) is 1.58. The third-order valence-corrected chi connectivity index (χ3v) is 1.58. The molecule has 0 saturated carbocycles. The molecule has 0 fully saturated rings. The van der Waals surface area contributed by atoms with Crippen molar-refractivity contribution in [3.63, 3.8) is 0 Å². The van der Waals surface area contributed by atoms with E-state index in [1.807, 2.05) is 39.1 Å². The van der Waals surface area contributed by atoms with E-state index in [4.69, 9.17) is 0 Å². The Kier molecular flexibility index (Phi) is 6.81. The molecule has 1 heterocycles. The van der Waals surface area contributed by atoms with Gasteiger partial charge in [-0.2, -0.15) is 0 Å². The molecule has 80 valence electrons. The van der Waals surface area contributed by atoms with Crippen molar-refractivity contribution in [2.45, 2.75) is 20.8 Å². The number of hydrogen-bond donors (Lipinski definition) is 0. The van der Waals surface area contributed by atoms with Crippen LogP contribution in [-0.2, 0) is 0 Å². The molecule has 0 bridgehead atoms. The molecule has 0 amide bonds. The summed E-state index contributed by atoms with van der Waals surface area (Å²) in [5.74, 6) is 0. The van der Waals surface area contributed by atoms with Crippen molar-refractivity contribution in [1.82, 2.24) is 4.98 Å². The Balaban J connectivity index is 0.000000921. The van der Waals surface area contributed by atoms with Crippen molar-refractivity contribution in [3.05, 3.63) is 48.9 Å². The Morgan fingerprint density at radius 1 is 1.40 bits per heavy atom. The molecule has 0 radical (unpaired) electrons. The first-order valence-electron chi connectivity index (χ1n) is 5.00. The van der Waals surface area contributed by atoms with Crippen LogP contribution in [0.5, 0.6) is 0 Å². The molecular formula is C13H18N2. The van der Waals surface area contributed by atoms with E-state index in [1.54, 1.807) is 6.21 Å². The minimum Gasteiger partial charge on any atom is -0.265 e. The molecule has 0 saturated heterocycles. The van der Waals surface area contributed by atoms with Gasteiger partial charge < -0.3 is 0 Å². The molecule has 0 atom stereocenters. The van der Waals surface area contributed by atoms with Crippen LogP contribution in [-0.4, -0.2) is 11.2 Å². The van der Waals surface area contributed by atoms with Crippen LogP contribution in [0.3, 0.4) is 0 Å². The molecule has 0 aliphatic carbocycles. The Hall–Kier alpha value is -1.70. The smallest absolute Gasteiger partial charge is 0.0711 e. The lowest BCUT2D eigenvalue weighted by Crippen LogP contribution is -1.88. The van der Waals surface area contributed by atoms with E-state index < -0.39 is 0 Å². The number of pyridine rings is 1. The summed E-state index contributed by atoms with van der Waals surface area (Å²) in [5.41, 5.74) is 2.77. The number of hydrogen-bond acceptors (Lipinski definition) is 2. The average Bonchev–Trinajstić information content (AvgIpc) is 2.29. The molecule has 0 N–H and O–H groups in total. The van der Waals surface area contributed by atoms with E-state index in [0.29, 0.717) is 0 Å². The fourth-order valence-corrected chi connectivity index (χ4v) is 0.867. The lowest BCUT2D eigenvalue weighted by molar-refractivity contribution is 1.24. The van der Waals surface area contributed by atoms with E-state index in [-0.39, 0.29) is 0 Å². The predicted molar refractivity (Wildman–Crippen MR) is 68.0 cm³/mol. The zero-order valence-corrected chi connectivity index (χ0v) is 9.70. The number of aromatic nitrogens is 1. The van der Waals surface area contributed by atoms with E-state index >= 15 is 0 Å². The summed E-state index contributed by atoms with van der Waals surface area (Å²) in [6.07, 6.45) is 4.92. The molecule has 0 spiro atoms. The number of rotatable bonds is 3. The van der Waals surface area contributed by atoms with Crippen LogP contribution >= 0.6 is 0 Å². The van der Waals surface area contributed by atoms with Gasteiger partial charge in [-0.05, 0) is 18.6 Å². The molecule has 2 heteroatoms. The maximum absolute atomic E-state index is 4.21. The highest BCUT2D eigenvalue weighted by molar-refractivity contribution is 6.08. The van der Waals surface area contributed by atoms with Crippen LogP contribution in [0.25, 0.3) is 5.57 Å². The summed E-state index contributed by atoms with van der Waals surface area (Å²) >= 11 is 0. The van der Waals surface area contributed by atoms with Crippen molar-refractivity contribution in [1.29, 1.82) is 0 Å². The van der Waals surface area contributed by atoms with Crippen LogP contribution in [0.1, 0.15) is 25.1 Å². The maximum Gasteiger partial charge on any atom is 0.0711 e.